The van der Waals surface area contributed by atoms with E-state index in [1.54, 1.807) is 24.3 Å². The molecule has 6 heteroatoms. The van der Waals surface area contributed by atoms with Crippen LogP contribution in [-0.2, 0) is 17.8 Å². The van der Waals surface area contributed by atoms with Gasteiger partial charge in [-0.2, -0.15) is 5.26 Å². The van der Waals surface area contributed by atoms with E-state index in [4.69, 9.17) is 16.9 Å². The number of hydrogen-bond acceptors (Lipinski definition) is 3. The van der Waals surface area contributed by atoms with Crippen LogP contribution in [0, 0.1) is 17.1 Å². The molecule has 1 aliphatic heterocycles. The van der Waals surface area contributed by atoms with Crippen molar-refractivity contribution in [2.75, 3.05) is 26.2 Å². The molecule has 0 N–H and O–H groups in total. The highest BCUT2D eigenvalue weighted by atomic mass is 35.5. The molecular weight excluding hydrogens is 365 g/mol. The van der Waals surface area contributed by atoms with Gasteiger partial charge in [0.15, 0.2) is 0 Å². The first-order chi connectivity index (χ1) is 13.1. The van der Waals surface area contributed by atoms with Gasteiger partial charge in [0.05, 0.1) is 11.6 Å². The molecule has 2 aromatic carbocycles. The monoisotopic (exact) mass is 385 g/mol. The summed E-state index contributed by atoms with van der Waals surface area (Å²) in [6.45, 7) is 3.13. The number of carbonyl (C=O) groups excluding carboxylic acids is 1. The lowest BCUT2D eigenvalue weighted by molar-refractivity contribution is -0.133. The average molecular weight is 386 g/mol. The number of rotatable bonds is 5. The van der Waals surface area contributed by atoms with Crippen LogP contribution in [-0.4, -0.2) is 41.9 Å². The third-order valence-electron chi connectivity index (χ3n) is 4.88. The molecule has 2 aromatic rings. The molecule has 3 rings (SSSR count). The van der Waals surface area contributed by atoms with Gasteiger partial charge in [-0.3, -0.25) is 9.69 Å². The summed E-state index contributed by atoms with van der Waals surface area (Å²) < 4.78 is 13.9. The van der Waals surface area contributed by atoms with Gasteiger partial charge >= 0.3 is 0 Å². The van der Waals surface area contributed by atoms with Crippen molar-refractivity contribution in [1.82, 2.24) is 9.80 Å². The molecule has 0 aromatic heterocycles. The lowest BCUT2D eigenvalue weighted by Crippen LogP contribution is -2.48. The van der Waals surface area contributed by atoms with Crippen molar-refractivity contribution in [3.8, 4) is 6.07 Å². The second-order valence-electron chi connectivity index (χ2n) is 6.67. The zero-order valence-corrected chi connectivity index (χ0v) is 15.8. The van der Waals surface area contributed by atoms with Crippen LogP contribution in [0.25, 0.3) is 0 Å². The molecule has 1 aliphatic rings. The zero-order chi connectivity index (χ0) is 19.2. The van der Waals surface area contributed by atoms with E-state index < -0.39 is 0 Å². The number of nitrogens with zero attached hydrogens (tertiary/aromatic N) is 3. The normalized spacial score (nSPS) is 14.8. The van der Waals surface area contributed by atoms with Crippen LogP contribution in [0.4, 0.5) is 4.39 Å². The predicted molar refractivity (Wildman–Crippen MR) is 103 cm³/mol. The number of hydrogen-bond donors (Lipinski definition) is 0. The summed E-state index contributed by atoms with van der Waals surface area (Å²) >= 11 is 6.10. The Labute approximate surface area is 163 Å². The molecule has 27 heavy (non-hydrogen) atoms. The number of benzene rings is 2. The average Bonchev–Trinajstić information content (AvgIpc) is 2.70. The molecule has 0 radical (unpaired) electrons. The summed E-state index contributed by atoms with van der Waals surface area (Å²) in [5.74, 6) is -0.161. The number of carbonyl (C=O) groups is 1. The van der Waals surface area contributed by atoms with Gasteiger partial charge in [0.25, 0.3) is 0 Å². The third-order valence-corrected chi connectivity index (χ3v) is 5.23. The Hall–Kier alpha value is -2.42. The zero-order valence-electron chi connectivity index (χ0n) is 15.0. The SMILES string of the molecule is N#Cc1ccc(CCC(=O)N2CCN(Cc3c(F)cccc3Cl)CC2)cc1. The third kappa shape index (κ3) is 5.06. The minimum Gasteiger partial charge on any atom is -0.340 e. The van der Waals surface area contributed by atoms with Gasteiger partial charge in [-0.05, 0) is 36.2 Å². The van der Waals surface area contributed by atoms with Crippen LogP contribution in [0.2, 0.25) is 5.02 Å². The summed E-state index contributed by atoms with van der Waals surface area (Å²) in [5.41, 5.74) is 2.19. The maximum Gasteiger partial charge on any atom is 0.222 e. The van der Waals surface area contributed by atoms with Crippen LogP contribution in [0.15, 0.2) is 42.5 Å². The Morgan fingerprint density at radius 2 is 1.81 bits per heavy atom. The highest BCUT2D eigenvalue weighted by Crippen LogP contribution is 2.21. The fraction of sp³-hybridized carbons (Fsp3) is 0.333. The van der Waals surface area contributed by atoms with Crippen molar-refractivity contribution in [3.63, 3.8) is 0 Å². The highest BCUT2D eigenvalue weighted by Gasteiger charge is 2.22. The standard InChI is InChI=1S/C21H21ClFN3O/c22-19-2-1-3-20(23)18(19)15-25-10-12-26(13-11-25)21(27)9-8-16-4-6-17(14-24)7-5-16/h1-7H,8-13,15H2. The summed E-state index contributed by atoms with van der Waals surface area (Å²) in [7, 11) is 0. The van der Waals surface area contributed by atoms with Crippen molar-refractivity contribution < 1.29 is 9.18 Å². The second-order valence-corrected chi connectivity index (χ2v) is 7.07. The lowest BCUT2D eigenvalue weighted by atomic mass is 10.1. The van der Waals surface area contributed by atoms with Crippen LogP contribution in [0.3, 0.4) is 0 Å². The van der Waals surface area contributed by atoms with Crippen LogP contribution in [0.1, 0.15) is 23.1 Å². The molecular formula is C21H21ClFN3O. The van der Waals surface area contributed by atoms with Gasteiger partial charge in [0.2, 0.25) is 5.91 Å². The molecule has 1 fully saturated rings. The van der Waals surface area contributed by atoms with Gasteiger partial charge in [0, 0.05) is 49.7 Å². The predicted octanol–water partition coefficient (Wildman–Crippen LogP) is 3.63. The molecule has 0 aliphatic carbocycles. The topological polar surface area (TPSA) is 47.3 Å². The quantitative estimate of drug-likeness (QED) is 0.789. The van der Waals surface area contributed by atoms with Crippen molar-refractivity contribution in [3.05, 3.63) is 70.0 Å². The van der Waals surface area contributed by atoms with E-state index in [1.807, 2.05) is 17.0 Å². The first kappa shape index (κ1) is 19.3. The van der Waals surface area contributed by atoms with Crippen molar-refractivity contribution in [2.24, 2.45) is 0 Å². The van der Waals surface area contributed by atoms with E-state index in [0.29, 0.717) is 61.7 Å². The largest absolute Gasteiger partial charge is 0.340 e. The number of piperazine rings is 1. The maximum absolute atomic E-state index is 13.9. The Bertz CT molecular complexity index is 819. The number of aryl methyl sites for hydroxylation is 1. The van der Waals surface area contributed by atoms with Gasteiger partial charge in [-0.25, -0.2) is 4.39 Å². The molecule has 1 saturated heterocycles. The van der Waals surface area contributed by atoms with Crippen molar-refractivity contribution in [2.45, 2.75) is 19.4 Å². The molecule has 4 nitrogen and oxygen atoms in total. The summed E-state index contributed by atoms with van der Waals surface area (Å²) in [5, 5.41) is 9.26. The first-order valence-electron chi connectivity index (χ1n) is 8.99. The fourth-order valence-corrected chi connectivity index (χ4v) is 3.44. The summed E-state index contributed by atoms with van der Waals surface area (Å²) in [4.78, 5) is 16.4. The van der Waals surface area contributed by atoms with Crippen molar-refractivity contribution >= 4 is 17.5 Å². The Morgan fingerprint density at radius 3 is 2.44 bits per heavy atom. The lowest BCUT2D eigenvalue weighted by Gasteiger charge is -2.35. The van der Waals surface area contributed by atoms with Crippen molar-refractivity contribution in [1.29, 1.82) is 5.26 Å². The Kier molecular flexibility index (Phi) is 6.44. The van der Waals surface area contributed by atoms with Gasteiger partial charge < -0.3 is 4.90 Å². The van der Waals surface area contributed by atoms with Crippen LogP contribution >= 0.6 is 11.6 Å². The fourth-order valence-electron chi connectivity index (χ4n) is 3.22. The second kappa shape index (κ2) is 8.98. The molecule has 0 bridgehead atoms. The van der Waals surface area contributed by atoms with E-state index >= 15 is 0 Å². The molecule has 0 saturated carbocycles. The Morgan fingerprint density at radius 1 is 1.11 bits per heavy atom. The molecule has 0 spiro atoms. The summed E-state index contributed by atoms with van der Waals surface area (Å²) in [6.07, 6.45) is 1.11. The number of nitriles is 1. The van der Waals surface area contributed by atoms with Crippen LogP contribution in [0.5, 0.6) is 0 Å². The van der Waals surface area contributed by atoms with E-state index in [9.17, 15) is 9.18 Å². The minimum atomic E-state index is -0.288. The molecule has 140 valence electrons. The highest BCUT2D eigenvalue weighted by molar-refractivity contribution is 6.31. The van der Waals surface area contributed by atoms with E-state index in [-0.39, 0.29) is 11.7 Å². The first-order valence-corrected chi connectivity index (χ1v) is 9.36. The molecule has 1 amide bonds. The van der Waals surface area contributed by atoms with E-state index in [2.05, 4.69) is 11.0 Å². The van der Waals surface area contributed by atoms with Gasteiger partial charge in [0.1, 0.15) is 5.82 Å². The summed E-state index contributed by atoms with van der Waals surface area (Å²) in [6, 6.07) is 14.1. The van der Waals surface area contributed by atoms with E-state index in [1.165, 1.54) is 6.07 Å². The number of halogens is 2. The smallest absolute Gasteiger partial charge is 0.222 e. The Balaban J connectivity index is 1.47. The van der Waals surface area contributed by atoms with Crippen LogP contribution < -0.4 is 0 Å². The van der Waals surface area contributed by atoms with E-state index in [0.717, 1.165) is 5.56 Å². The number of amides is 1. The maximum atomic E-state index is 13.9. The molecule has 0 unspecified atom stereocenters. The molecule has 1 heterocycles. The molecule has 0 atom stereocenters. The van der Waals surface area contributed by atoms with Gasteiger partial charge in [-0.1, -0.05) is 29.8 Å². The minimum absolute atomic E-state index is 0.128. The van der Waals surface area contributed by atoms with Gasteiger partial charge in [-0.15, -0.1) is 0 Å².